The van der Waals surface area contributed by atoms with Gasteiger partial charge in [-0.25, -0.2) is 4.98 Å². The Morgan fingerprint density at radius 2 is 1.90 bits per heavy atom. The van der Waals surface area contributed by atoms with E-state index in [4.69, 9.17) is 14.7 Å². The lowest BCUT2D eigenvalue weighted by Crippen LogP contribution is -2.28. The molecule has 1 aliphatic rings. The van der Waals surface area contributed by atoms with Gasteiger partial charge in [0.2, 0.25) is 0 Å². The second-order valence-electron chi connectivity index (χ2n) is 7.27. The lowest BCUT2D eigenvalue weighted by atomic mass is 9.97. The first-order valence-electron chi connectivity index (χ1n) is 9.71. The van der Waals surface area contributed by atoms with E-state index in [1.165, 1.54) is 0 Å². The molecule has 2 aromatic heterocycles. The van der Waals surface area contributed by atoms with Gasteiger partial charge in [0.05, 0.1) is 49.2 Å². The number of fused-ring (bicyclic) bond motifs is 2. The van der Waals surface area contributed by atoms with Crippen LogP contribution in [0.1, 0.15) is 5.56 Å². The molecule has 0 N–H and O–H groups in total. The minimum absolute atomic E-state index is 0.628. The largest absolute Gasteiger partial charge is 0.494 e. The Labute approximate surface area is 174 Å². The van der Waals surface area contributed by atoms with Crippen LogP contribution in [0.2, 0.25) is 0 Å². The predicted octanol–water partition coefficient (Wildman–Crippen LogP) is 4.38. The molecule has 0 fully saturated rings. The summed E-state index contributed by atoms with van der Waals surface area (Å²) in [6, 6.07) is 18.1. The fraction of sp³-hybridized carbons (Fsp3) is 0.167. The van der Waals surface area contributed by atoms with Crippen LogP contribution in [0.25, 0.3) is 27.9 Å². The summed E-state index contributed by atoms with van der Waals surface area (Å²) < 4.78 is 13.5. The summed E-state index contributed by atoms with van der Waals surface area (Å²) in [6.07, 6.45) is 3.61. The summed E-state index contributed by atoms with van der Waals surface area (Å²) >= 11 is 0. The highest BCUT2D eigenvalue weighted by atomic mass is 16.5. The maximum absolute atomic E-state index is 9.17. The number of ether oxygens (including phenoxy) is 2. The molecule has 6 heteroatoms. The number of aromatic nitrogens is 2. The van der Waals surface area contributed by atoms with E-state index >= 15 is 0 Å². The zero-order valence-corrected chi connectivity index (χ0v) is 16.8. The van der Waals surface area contributed by atoms with E-state index in [0.29, 0.717) is 12.2 Å². The second-order valence-corrected chi connectivity index (χ2v) is 7.27. The summed E-state index contributed by atoms with van der Waals surface area (Å²) in [5, 5.41) is 9.17. The Balaban J connectivity index is 1.79. The van der Waals surface area contributed by atoms with E-state index in [2.05, 4.69) is 39.5 Å². The molecule has 0 bridgehead atoms. The van der Waals surface area contributed by atoms with Gasteiger partial charge in [-0.05, 0) is 42.0 Å². The van der Waals surface area contributed by atoms with Gasteiger partial charge in [0.25, 0.3) is 0 Å². The van der Waals surface area contributed by atoms with Gasteiger partial charge in [-0.2, -0.15) is 5.26 Å². The summed E-state index contributed by atoms with van der Waals surface area (Å²) in [7, 11) is 3.74. The van der Waals surface area contributed by atoms with Crippen molar-refractivity contribution < 1.29 is 9.47 Å². The molecule has 0 saturated heterocycles. The summed E-state index contributed by atoms with van der Waals surface area (Å²) in [5.41, 5.74) is 6.65. The molecule has 0 radical (unpaired) electrons. The van der Waals surface area contributed by atoms with Crippen molar-refractivity contribution in [2.75, 3.05) is 32.2 Å². The van der Waals surface area contributed by atoms with Gasteiger partial charge in [-0.3, -0.25) is 4.40 Å². The first kappa shape index (κ1) is 18.1. The average Bonchev–Trinajstić information content (AvgIpc) is 3.28. The van der Waals surface area contributed by atoms with Gasteiger partial charge in [-0.1, -0.05) is 12.1 Å². The standard InChI is InChI=1S/C24H20N4O2/c1-27-9-10-30-22-8-7-18(11-20(22)27)24-19(17-5-3-16(13-25)4-6-17)12-23(29-2)21-14-26-15-28(21)24/h3-8,11-12,14-15H,9-10H2,1-2H3. The fourth-order valence-corrected chi connectivity index (χ4v) is 3.96. The molecule has 0 unspecified atom stereocenters. The smallest absolute Gasteiger partial charge is 0.145 e. The molecule has 2 aromatic carbocycles. The first-order valence-corrected chi connectivity index (χ1v) is 9.71. The number of likely N-dealkylation sites (N-methyl/N-ethyl adjacent to an activating group) is 1. The van der Waals surface area contributed by atoms with Crippen LogP contribution in [0, 0.1) is 11.3 Å². The predicted molar refractivity (Wildman–Crippen MR) is 116 cm³/mol. The Morgan fingerprint density at radius 1 is 1.10 bits per heavy atom. The Morgan fingerprint density at radius 3 is 2.67 bits per heavy atom. The molecule has 0 spiro atoms. The van der Waals surface area contributed by atoms with Crippen molar-refractivity contribution in [1.82, 2.24) is 9.38 Å². The number of methoxy groups -OCH3 is 1. The van der Waals surface area contributed by atoms with Crippen LogP contribution >= 0.6 is 0 Å². The van der Waals surface area contributed by atoms with E-state index in [1.807, 2.05) is 36.4 Å². The number of rotatable bonds is 3. The monoisotopic (exact) mass is 396 g/mol. The highest BCUT2D eigenvalue weighted by molar-refractivity contribution is 5.87. The van der Waals surface area contributed by atoms with Crippen LogP contribution in [-0.2, 0) is 0 Å². The highest BCUT2D eigenvalue weighted by Gasteiger charge is 2.20. The molecule has 4 aromatic rings. The zero-order chi connectivity index (χ0) is 20.7. The maximum atomic E-state index is 9.17. The summed E-state index contributed by atoms with van der Waals surface area (Å²) in [6.45, 7) is 1.54. The third kappa shape index (κ3) is 2.83. The molecule has 0 amide bonds. The van der Waals surface area contributed by atoms with Gasteiger partial charge < -0.3 is 14.4 Å². The number of nitrogens with zero attached hydrogens (tertiary/aromatic N) is 4. The van der Waals surface area contributed by atoms with Crippen LogP contribution < -0.4 is 14.4 Å². The fourth-order valence-electron chi connectivity index (χ4n) is 3.96. The van der Waals surface area contributed by atoms with Gasteiger partial charge in [0.15, 0.2) is 0 Å². The second kappa shape index (κ2) is 7.12. The average molecular weight is 396 g/mol. The van der Waals surface area contributed by atoms with Gasteiger partial charge in [-0.15, -0.1) is 0 Å². The number of imidazole rings is 1. The number of benzene rings is 2. The number of pyridine rings is 1. The molecule has 6 nitrogen and oxygen atoms in total. The third-order valence-corrected chi connectivity index (χ3v) is 5.54. The van der Waals surface area contributed by atoms with Crippen molar-refractivity contribution in [1.29, 1.82) is 5.26 Å². The van der Waals surface area contributed by atoms with Crippen LogP contribution in [0.15, 0.2) is 61.1 Å². The number of hydrogen-bond donors (Lipinski definition) is 0. The van der Waals surface area contributed by atoms with Crippen molar-refractivity contribution in [3.8, 4) is 40.0 Å². The van der Waals surface area contributed by atoms with E-state index in [-0.39, 0.29) is 0 Å². The van der Waals surface area contributed by atoms with E-state index in [1.54, 1.807) is 19.6 Å². The third-order valence-electron chi connectivity index (χ3n) is 5.54. The summed E-state index contributed by atoms with van der Waals surface area (Å²) in [5.74, 6) is 1.64. The molecule has 30 heavy (non-hydrogen) atoms. The molecule has 0 aliphatic carbocycles. The van der Waals surface area contributed by atoms with Gasteiger partial charge >= 0.3 is 0 Å². The zero-order valence-electron chi connectivity index (χ0n) is 16.8. The highest BCUT2D eigenvalue weighted by Crippen LogP contribution is 2.41. The number of nitriles is 1. The van der Waals surface area contributed by atoms with Crippen molar-refractivity contribution in [2.24, 2.45) is 0 Å². The van der Waals surface area contributed by atoms with Crippen LogP contribution in [0.4, 0.5) is 5.69 Å². The van der Waals surface area contributed by atoms with Gasteiger partial charge in [0, 0.05) is 18.2 Å². The van der Waals surface area contributed by atoms with Crippen LogP contribution in [0.5, 0.6) is 11.5 Å². The Kier molecular flexibility index (Phi) is 4.29. The van der Waals surface area contributed by atoms with E-state index in [0.717, 1.165) is 51.6 Å². The van der Waals surface area contributed by atoms with Crippen molar-refractivity contribution in [2.45, 2.75) is 0 Å². The molecule has 1 aliphatic heterocycles. The van der Waals surface area contributed by atoms with Crippen LogP contribution in [0.3, 0.4) is 0 Å². The van der Waals surface area contributed by atoms with E-state index < -0.39 is 0 Å². The molecular weight excluding hydrogens is 376 g/mol. The van der Waals surface area contributed by atoms with E-state index in [9.17, 15) is 0 Å². The van der Waals surface area contributed by atoms with Crippen molar-refractivity contribution in [3.63, 3.8) is 0 Å². The quantitative estimate of drug-likeness (QED) is 0.514. The SMILES string of the molecule is COc1cc(-c2ccc(C#N)cc2)c(-c2ccc3c(c2)N(C)CCO3)n2cncc12. The molecule has 148 valence electrons. The lowest BCUT2D eigenvalue weighted by molar-refractivity contribution is 0.311. The molecule has 0 saturated carbocycles. The number of anilines is 1. The molecule has 5 rings (SSSR count). The Hall–Kier alpha value is -3.98. The number of hydrogen-bond acceptors (Lipinski definition) is 5. The molecule has 0 atom stereocenters. The molecular formula is C24H20N4O2. The molecule has 3 heterocycles. The minimum Gasteiger partial charge on any atom is -0.494 e. The summed E-state index contributed by atoms with van der Waals surface area (Å²) in [4.78, 5) is 6.57. The normalized spacial score (nSPS) is 12.9. The topological polar surface area (TPSA) is 62.8 Å². The van der Waals surface area contributed by atoms with Crippen molar-refractivity contribution >= 4 is 11.2 Å². The van der Waals surface area contributed by atoms with Crippen molar-refractivity contribution in [3.05, 3.63) is 66.6 Å². The maximum Gasteiger partial charge on any atom is 0.145 e. The van der Waals surface area contributed by atoms with Crippen LogP contribution in [-0.4, -0.2) is 36.7 Å². The Bertz CT molecular complexity index is 1290. The lowest BCUT2D eigenvalue weighted by Gasteiger charge is -2.28. The first-order chi connectivity index (χ1) is 14.7. The minimum atomic E-state index is 0.628. The van der Waals surface area contributed by atoms with Gasteiger partial charge in [0.1, 0.15) is 23.6 Å².